The van der Waals surface area contributed by atoms with E-state index in [1.165, 1.54) is 31.4 Å². The number of pyridine rings is 1. The van der Waals surface area contributed by atoms with Crippen molar-refractivity contribution < 1.29 is 47.2 Å². The standard InChI is InChI=1S/C35H32ClF3N4O7/c1-3-50-31-18(14-28(40)45)13-27(42-29(31)21-15-22(36)24(38)16-23(21)37)35(48,20-7-5-4-6-8-20)17-41-32(46)19-11-25(44)30(26(12-19)49-2)43-33(47)34(39)9-10-34/h4-8,11-13,15-16,44,48H,3,9-10,14,17H2,1-2H3,(H2,40,45)(H,41,46)(H,43,47)/t35-/m1/s1. The quantitative estimate of drug-likeness (QED) is 0.0959. The molecule has 1 atom stereocenters. The van der Waals surface area contributed by atoms with E-state index in [-0.39, 0.29) is 70.3 Å². The average Bonchev–Trinajstić information content (AvgIpc) is 3.85. The fourth-order valence-corrected chi connectivity index (χ4v) is 5.42. The maximum Gasteiger partial charge on any atom is 0.262 e. The Morgan fingerprint density at radius 1 is 1.08 bits per heavy atom. The van der Waals surface area contributed by atoms with Crippen LogP contribution in [0, 0.1) is 11.6 Å². The van der Waals surface area contributed by atoms with Crippen LogP contribution in [0.5, 0.6) is 17.2 Å². The minimum Gasteiger partial charge on any atom is -0.506 e. The number of carbonyl (C=O) groups is 3. The Kier molecular flexibility index (Phi) is 10.2. The lowest BCUT2D eigenvalue weighted by molar-refractivity contribution is -0.122. The molecule has 0 spiro atoms. The molecule has 3 aromatic carbocycles. The molecular weight excluding hydrogens is 681 g/mol. The number of nitrogens with one attached hydrogen (secondary N) is 2. The summed E-state index contributed by atoms with van der Waals surface area (Å²) in [7, 11) is 1.22. The van der Waals surface area contributed by atoms with E-state index in [2.05, 4.69) is 15.6 Å². The first kappa shape index (κ1) is 36.0. The maximum absolute atomic E-state index is 15.3. The van der Waals surface area contributed by atoms with Gasteiger partial charge in [-0.2, -0.15) is 0 Å². The Hall–Kier alpha value is -5.34. The summed E-state index contributed by atoms with van der Waals surface area (Å²) in [4.78, 5) is 42.5. The van der Waals surface area contributed by atoms with E-state index < -0.39 is 64.4 Å². The number of ether oxygens (including phenoxy) is 2. The molecule has 4 aromatic rings. The molecule has 1 saturated carbocycles. The van der Waals surface area contributed by atoms with Gasteiger partial charge >= 0.3 is 0 Å². The van der Waals surface area contributed by atoms with Crippen LogP contribution in [-0.4, -0.2) is 58.8 Å². The Morgan fingerprint density at radius 2 is 1.78 bits per heavy atom. The van der Waals surface area contributed by atoms with Gasteiger partial charge in [-0.1, -0.05) is 41.9 Å². The van der Waals surface area contributed by atoms with E-state index in [1.54, 1.807) is 25.1 Å². The number of aromatic nitrogens is 1. The summed E-state index contributed by atoms with van der Waals surface area (Å²) in [5.74, 6) is -5.46. The minimum atomic E-state index is -2.18. The summed E-state index contributed by atoms with van der Waals surface area (Å²) in [6.07, 6.45) is -0.362. The highest BCUT2D eigenvalue weighted by Gasteiger charge is 2.51. The first-order chi connectivity index (χ1) is 23.7. The van der Waals surface area contributed by atoms with Gasteiger partial charge in [0, 0.05) is 22.8 Å². The SMILES string of the molecule is CCOc1c(CC(N)=O)cc([C@@](O)(CNC(=O)c2cc(O)c(NC(=O)C3(F)CC3)c(OC)c2)c2ccccc2)nc1-c1cc(Cl)c(F)cc1F. The normalized spacial score (nSPS) is 14.3. The minimum absolute atomic E-state index is 0.0358. The monoisotopic (exact) mass is 712 g/mol. The number of halogens is 4. The molecule has 0 radical (unpaired) electrons. The molecule has 0 aliphatic heterocycles. The number of rotatable bonds is 13. The molecule has 1 aliphatic carbocycles. The lowest BCUT2D eigenvalue weighted by Gasteiger charge is -2.30. The molecule has 11 nitrogen and oxygen atoms in total. The summed E-state index contributed by atoms with van der Waals surface area (Å²) < 4.78 is 54.7. The fourth-order valence-electron chi connectivity index (χ4n) is 5.25. The molecule has 1 fully saturated rings. The molecule has 262 valence electrons. The van der Waals surface area contributed by atoms with E-state index >= 15 is 4.39 Å². The molecule has 1 heterocycles. The van der Waals surface area contributed by atoms with Crippen molar-refractivity contribution in [2.75, 3.05) is 25.6 Å². The van der Waals surface area contributed by atoms with Crippen molar-refractivity contribution in [1.82, 2.24) is 10.3 Å². The number of aromatic hydroxyl groups is 1. The van der Waals surface area contributed by atoms with Crippen LogP contribution in [0.2, 0.25) is 5.02 Å². The van der Waals surface area contributed by atoms with Crippen molar-refractivity contribution in [2.45, 2.75) is 37.5 Å². The number of amides is 3. The van der Waals surface area contributed by atoms with Gasteiger partial charge in [-0.3, -0.25) is 14.4 Å². The average molecular weight is 713 g/mol. The molecule has 50 heavy (non-hydrogen) atoms. The largest absolute Gasteiger partial charge is 0.506 e. The first-order valence-corrected chi connectivity index (χ1v) is 15.7. The number of alkyl halides is 1. The predicted molar refractivity (Wildman–Crippen MR) is 177 cm³/mol. The molecule has 1 aliphatic rings. The third-order valence-electron chi connectivity index (χ3n) is 8.05. The van der Waals surface area contributed by atoms with Crippen LogP contribution in [0.1, 0.15) is 46.9 Å². The van der Waals surface area contributed by atoms with Crippen LogP contribution < -0.4 is 25.8 Å². The smallest absolute Gasteiger partial charge is 0.262 e. The highest BCUT2D eigenvalue weighted by atomic mass is 35.5. The van der Waals surface area contributed by atoms with Crippen molar-refractivity contribution in [3.05, 3.63) is 99.7 Å². The van der Waals surface area contributed by atoms with Crippen molar-refractivity contribution in [1.29, 1.82) is 0 Å². The highest BCUT2D eigenvalue weighted by Crippen LogP contribution is 2.43. The molecule has 15 heteroatoms. The topological polar surface area (TPSA) is 173 Å². The Balaban J connectivity index is 1.58. The number of anilines is 1. The number of primary amides is 1. The predicted octanol–water partition coefficient (Wildman–Crippen LogP) is 4.93. The van der Waals surface area contributed by atoms with Gasteiger partial charge in [-0.05, 0) is 49.6 Å². The zero-order chi connectivity index (χ0) is 36.4. The zero-order valence-corrected chi connectivity index (χ0v) is 27.5. The lowest BCUT2D eigenvalue weighted by atomic mass is 9.87. The van der Waals surface area contributed by atoms with Crippen LogP contribution in [0.25, 0.3) is 11.3 Å². The van der Waals surface area contributed by atoms with Gasteiger partial charge in [0.15, 0.2) is 5.67 Å². The van der Waals surface area contributed by atoms with Crippen molar-refractivity contribution in [3.63, 3.8) is 0 Å². The van der Waals surface area contributed by atoms with Crippen molar-refractivity contribution >= 4 is 35.0 Å². The second kappa shape index (κ2) is 14.3. The summed E-state index contributed by atoms with van der Waals surface area (Å²) >= 11 is 6.00. The van der Waals surface area contributed by atoms with E-state index in [1.807, 2.05) is 0 Å². The number of methoxy groups -OCH3 is 1. The summed E-state index contributed by atoms with van der Waals surface area (Å²) in [6, 6.07) is 13.1. The Labute approximate surface area is 289 Å². The van der Waals surface area contributed by atoms with E-state index in [0.717, 1.165) is 12.1 Å². The van der Waals surface area contributed by atoms with E-state index in [0.29, 0.717) is 6.07 Å². The van der Waals surface area contributed by atoms with E-state index in [4.69, 9.17) is 26.8 Å². The Morgan fingerprint density at radius 3 is 2.40 bits per heavy atom. The fraction of sp³-hybridized carbons (Fsp3) is 0.257. The molecule has 5 rings (SSSR count). The number of nitrogens with zero attached hydrogens (tertiary/aromatic N) is 1. The van der Waals surface area contributed by atoms with Gasteiger partial charge in [0.05, 0.1) is 37.4 Å². The number of benzene rings is 3. The van der Waals surface area contributed by atoms with Gasteiger partial charge in [-0.25, -0.2) is 18.2 Å². The second-order valence-electron chi connectivity index (χ2n) is 11.6. The number of carbonyl (C=O) groups excluding carboxylic acids is 3. The maximum atomic E-state index is 15.3. The zero-order valence-electron chi connectivity index (χ0n) is 26.8. The van der Waals surface area contributed by atoms with Crippen LogP contribution in [-0.2, 0) is 21.6 Å². The summed E-state index contributed by atoms with van der Waals surface area (Å²) in [6.45, 7) is 1.10. The molecule has 0 bridgehead atoms. The molecule has 3 amide bonds. The second-order valence-corrected chi connectivity index (χ2v) is 12.0. The van der Waals surface area contributed by atoms with Crippen molar-refractivity contribution in [3.8, 4) is 28.5 Å². The molecule has 1 aromatic heterocycles. The number of nitrogens with two attached hydrogens (primary N) is 1. The molecule has 0 saturated heterocycles. The highest BCUT2D eigenvalue weighted by molar-refractivity contribution is 6.31. The lowest BCUT2D eigenvalue weighted by Crippen LogP contribution is -2.42. The molecular formula is C35H32ClF3N4O7. The van der Waals surface area contributed by atoms with Crippen molar-refractivity contribution in [2.24, 2.45) is 5.73 Å². The Bertz CT molecular complexity index is 1980. The van der Waals surface area contributed by atoms with Crippen LogP contribution in [0.4, 0.5) is 18.9 Å². The molecule has 6 N–H and O–H groups in total. The number of phenolic OH excluding ortho intramolecular Hbond substituents is 1. The van der Waals surface area contributed by atoms with Crippen LogP contribution in [0.3, 0.4) is 0 Å². The van der Waals surface area contributed by atoms with Gasteiger partial charge in [0.2, 0.25) is 5.91 Å². The van der Waals surface area contributed by atoms with Gasteiger partial charge in [0.1, 0.15) is 45.9 Å². The van der Waals surface area contributed by atoms with E-state index in [9.17, 15) is 33.4 Å². The van der Waals surface area contributed by atoms with Gasteiger partial charge in [0.25, 0.3) is 11.8 Å². The molecule has 0 unspecified atom stereocenters. The number of hydrogen-bond acceptors (Lipinski definition) is 8. The first-order valence-electron chi connectivity index (χ1n) is 15.3. The summed E-state index contributed by atoms with van der Waals surface area (Å²) in [5, 5.41) is 27.5. The van der Waals surface area contributed by atoms with Gasteiger partial charge in [-0.15, -0.1) is 0 Å². The van der Waals surface area contributed by atoms with Crippen LogP contribution in [0.15, 0.2) is 60.7 Å². The number of aliphatic hydroxyl groups is 1. The van der Waals surface area contributed by atoms with Gasteiger partial charge < -0.3 is 36.1 Å². The summed E-state index contributed by atoms with van der Waals surface area (Å²) in [5.41, 5.74) is 0.514. The number of hydrogen-bond donors (Lipinski definition) is 5. The third-order valence-corrected chi connectivity index (χ3v) is 8.34. The number of phenols is 1. The third kappa shape index (κ3) is 7.31. The van der Waals surface area contributed by atoms with Crippen LogP contribution >= 0.6 is 11.6 Å².